The molecule has 2 nitrogen and oxygen atoms in total. The van der Waals surface area contributed by atoms with Crippen LogP contribution in [0.3, 0.4) is 0 Å². The molecule has 3 heteroatoms. The molecule has 1 aliphatic heterocycles. The molecule has 80 valence electrons. The molecule has 2 rings (SSSR count). The first-order chi connectivity index (χ1) is 7.26. The second-order valence-corrected chi connectivity index (χ2v) is 4.79. The van der Waals surface area contributed by atoms with Gasteiger partial charge in [0, 0.05) is 11.3 Å². The van der Waals surface area contributed by atoms with Gasteiger partial charge < -0.3 is 4.74 Å². The van der Waals surface area contributed by atoms with Crippen LogP contribution in [0.5, 0.6) is 5.75 Å². The number of carbonyl (C=O) groups is 1. The zero-order valence-corrected chi connectivity index (χ0v) is 9.76. The Morgan fingerprint density at radius 3 is 3.00 bits per heavy atom. The van der Waals surface area contributed by atoms with E-state index in [1.165, 1.54) is 0 Å². The number of Topliss-reactive ketones (excluding diaryl/α,β-unsaturated/α-hetero) is 1. The Kier molecular flexibility index (Phi) is 3.00. The molecule has 0 N–H and O–H groups in total. The fourth-order valence-corrected chi connectivity index (χ4v) is 2.93. The Labute approximate surface area is 94.0 Å². The number of benzene rings is 1. The van der Waals surface area contributed by atoms with Crippen LogP contribution in [-0.4, -0.2) is 18.1 Å². The van der Waals surface area contributed by atoms with Crippen molar-refractivity contribution in [1.82, 2.24) is 0 Å². The second-order valence-electron chi connectivity index (χ2n) is 3.60. The topological polar surface area (TPSA) is 26.3 Å². The summed E-state index contributed by atoms with van der Waals surface area (Å²) in [4.78, 5) is 12.0. The van der Waals surface area contributed by atoms with Crippen molar-refractivity contribution in [2.45, 2.75) is 24.3 Å². The molecule has 1 heterocycles. The van der Waals surface area contributed by atoms with Crippen molar-refractivity contribution in [3.63, 3.8) is 0 Å². The Hall–Kier alpha value is -0.960. The van der Waals surface area contributed by atoms with E-state index in [0.29, 0.717) is 0 Å². The summed E-state index contributed by atoms with van der Waals surface area (Å²) in [5, 5.41) is 0.129. The maximum atomic E-state index is 12.0. The Bertz CT molecular complexity index is 387. The van der Waals surface area contributed by atoms with Gasteiger partial charge in [-0.15, -0.1) is 11.8 Å². The molecule has 1 aromatic carbocycles. The van der Waals surface area contributed by atoms with Gasteiger partial charge in [-0.3, -0.25) is 4.79 Å². The molecular formula is C12H14O2S. The highest BCUT2D eigenvalue weighted by Crippen LogP contribution is 2.33. The second kappa shape index (κ2) is 4.27. The fraction of sp³-hybridized carbons (Fsp3) is 0.417. The molecule has 0 amide bonds. The number of ketones is 1. The van der Waals surface area contributed by atoms with E-state index in [4.69, 9.17) is 4.74 Å². The van der Waals surface area contributed by atoms with Crippen molar-refractivity contribution in [3.8, 4) is 5.75 Å². The highest BCUT2D eigenvalue weighted by atomic mass is 32.2. The number of methoxy groups -OCH3 is 1. The third kappa shape index (κ3) is 1.88. The molecule has 1 unspecified atom stereocenters. The van der Waals surface area contributed by atoms with E-state index in [2.05, 4.69) is 6.92 Å². The lowest BCUT2D eigenvalue weighted by Crippen LogP contribution is -2.22. The normalized spacial score (nSPS) is 19.9. The first kappa shape index (κ1) is 10.6. The first-order valence-electron chi connectivity index (χ1n) is 5.09. The molecular weight excluding hydrogens is 208 g/mol. The maximum absolute atomic E-state index is 12.0. The number of hydrogen-bond acceptors (Lipinski definition) is 3. The van der Waals surface area contributed by atoms with Crippen LogP contribution in [0, 0.1) is 0 Å². The van der Waals surface area contributed by atoms with Crippen LogP contribution in [-0.2, 0) is 5.75 Å². The lowest BCUT2D eigenvalue weighted by molar-refractivity contribution is 0.0985. The van der Waals surface area contributed by atoms with Crippen LogP contribution in [0.4, 0.5) is 0 Å². The Balaban J connectivity index is 2.40. The molecule has 0 aliphatic carbocycles. The molecule has 0 saturated heterocycles. The lowest BCUT2D eigenvalue weighted by atomic mass is 10.0. The summed E-state index contributed by atoms with van der Waals surface area (Å²) in [6.45, 7) is 2.06. The maximum Gasteiger partial charge on any atom is 0.176 e. The van der Waals surface area contributed by atoms with Crippen LogP contribution in [0.2, 0.25) is 0 Å². The SMILES string of the molecule is CCC1SCc2ccc(OC)cc2C1=O. The molecule has 0 fully saturated rings. The first-order valence-corrected chi connectivity index (χ1v) is 6.14. The molecule has 0 radical (unpaired) electrons. The molecule has 0 saturated carbocycles. The minimum absolute atomic E-state index is 0.129. The van der Waals surface area contributed by atoms with Crippen molar-refractivity contribution in [2.24, 2.45) is 0 Å². The van der Waals surface area contributed by atoms with Gasteiger partial charge in [0.15, 0.2) is 5.78 Å². The molecule has 1 atom stereocenters. The standard InChI is InChI=1S/C12H14O2S/c1-3-11-12(13)10-6-9(14-2)5-4-8(10)7-15-11/h4-6,11H,3,7H2,1-2H3. The fourth-order valence-electron chi connectivity index (χ4n) is 1.78. The number of carbonyl (C=O) groups excluding carboxylic acids is 1. The third-order valence-electron chi connectivity index (χ3n) is 2.69. The van der Waals surface area contributed by atoms with Gasteiger partial charge in [-0.25, -0.2) is 0 Å². The van der Waals surface area contributed by atoms with Gasteiger partial charge in [0.2, 0.25) is 0 Å². The van der Waals surface area contributed by atoms with Crippen LogP contribution >= 0.6 is 11.8 Å². The van der Waals surface area contributed by atoms with E-state index >= 15 is 0 Å². The summed E-state index contributed by atoms with van der Waals surface area (Å²) in [5.74, 6) is 1.95. The van der Waals surface area contributed by atoms with Crippen LogP contribution in [0.15, 0.2) is 18.2 Å². The lowest BCUT2D eigenvalue weighted by Gasteiger charge is -2.22. The quantitative estimate of drug-likeness (QED) is 0.769. The van der Waals surface area contributed by atoms with Gasteiger partial charge in [0.05, 0.1) is 12.4 Å². The van der Waals surface area contributed by atoms with Crippen LogP contribution < -0.4 is 4.74 Å². The van der Waals surface area contributed by atoms with Gasteiger partial charge in [-0.05, 0) is 24.1 Å². The molecule has 1 aromatic rings. The molecule has 0 bridgehead atoms. The van der Waals surface area contributed by atoms with Gasteiger partial charge in [-0.1, -0.05) is 13.0 Å². The molecule has 0 spiro atoms. The predicted molar refractivity (Wildman–Crippen MR) is 62.7 cm³/mol. The summed E-state index contributed by atoms with van der Waals surface area (Å²) < 4.78 is 5.14. The summed E-state index contributed by atoms with van der Waals surface area (Å²) in [6.07, 6.45) is 0.903. The highest BCUT2D eigenvalue weighted by Gasteiger charge is 2.26. The Morgan fingerprint density at radius 1 is 1.53 bits per heavy atom. The number of thioether (sulfide) groups is 1. The number of rotatable bonds is 2. The van der Waals surface area contributed by atoms with Crippen LogP contribution in [0.1, 0.15) is 29.3 Å². The summed E-state index contributed by atoms with van der Waals surface area (Å²) in [5.41, 5.74) is 1.98. The number of hydrogen-bond donors (Lipinski definition) is 0. The Morgan fingerprint density at radius 2 is 2.33 bits per heavy atom. The average Bonchev–Trinajstić information content (AvgIpc) is 2.29. The van der Waals surface area contributed by atoms with Crippen LogP contribution in [0.25, 0.3) is 0 Å². The smallest absolute Gasteiger partial charge is 0.176 e. The molecule has 1 aliphatic rings. The highest BCUT2D eigenvalue weighted by molar-refractivity contribution is 8.00. The zero-order chi connectivity index (χ0) is 10.8. The summed E-state index contributed by atoms with van der Waals surface area (Å²) in [7, 11) is 1.63. The van der Waals surface area contributed by atoms with E-state index in [0.717, 1.165) is 29.1 Å². The monoisotopic (exact) mass is 222 g/mol. The van der Waals surface area contributed by atoms with E-state index in [-0.39, 0.29) is 11.0 Å². The zero-order valence-electron chi connectivity index (χ0n) is 8.95. The molecule has 15 heavy (non-hydrogen) atoms. The third-order valence-corrected chi connectivity index (χ3v) is 4.11. The van der Waals surface area contributed by atoms with E-state index < -0.39 is 0 Å². The predicted octanol–water partition coefficient (Wildman–Crippen LogP) is 2.90. The minimum Gasteiger partial charge on any atom is -0.497 e. The number of fused-ring (bicyclic) bond motifs is 1. The van der Waals surface area contributed by atoms with Gasteiger partial charge >= 0.3 is 0 Å². The summed E-state index contributed by atoms with van der Waals surface area (Å²) >= 11 is 1.74. The van der Waals surface area contributed by atoms with Crippen molar-refractivity contribution in [2.75, 3.05) is 7.11 Å². The van der Waals surface area contributed by atoms with Crippen molar-refractivity contribution in [1.29, 1.82) is 0 Å². The van der Waals surface area contributed by atoms with E-state index in [1.54, 1.807) is 18.9 Å². The molecule has 0 aromatic heterocycles. The number of ether oxygens (including phenoxy) is 1. The van der Waals surface area contributed by atoms with Gasteiger partial charge in [-0.2, -0.15) is 0 Å². The average molecular weight is 222 g/mol. The van der Waals surface area contributed by atoms with Gasteiger partial charge in [0.25, 0.3) is 0 Å². The van der Waals surface area contributed by atoms with Crippen molar-refractivity contribution >= 4 is 17.5 Å². The minimum atomic E-state index is 0.129. The van der Waals surface area contributed by atoms with Crippen molar-refractivity contribution in [3.05, 3.63) is 29.3 Å². The van der Waals surface area contributed by atoms with E-state index in [9.17, 15) is 4.79 Å². The summed E-state index contributed by atoms with van der Waals surface area (Å²) in [6, 6.07) is 5.77. The van der Waals surface area contributed by atoms with E-state index in [1.807, 2.05) is 18.2 Å². The largest absolute Gasteiger partial charge is 0.497 e. The van der Waals surface area contributed by atoms with Crippen molar-refractivity contribution < 1.29 is 9.53 Å². The van der Waals surface area contributed by atoms with Gasteiger partial charge in [0.1, 0.15) is 5.75 Å².